The van der Waals surface area contributed by atoms with Gasteiger partial charge in [-0.05, 0) is 17.7 Å². The van der Waals surface area contributed by atoms with Crippen molar-refractivity contribution in [3.63, 3.8) is 0 Å². The van der Waals surface area contributed by atoms with E-state index in [1.165, 1.54) is 11.8 Å². The predicted octanol–water partition coefficient (Wildman–Crippen LogP) is 2.91. The van der Waals surface area contributed by atoms with Crippen LogP contribution in [0.4, 0.5) is 0 Å². The molecule has 1 aromatic carbocycles. The lowest BCUT2D eigenvalue weighted by molar-refractivity contribution is 0.266. The maximum Gasteiger partial charge on any atom is 0.191 e. The summed E-state index contributed by atoms with van der Waals surface area (Å²) in [5, 5.41) is 18.9. The molecular formula is C11H11Cl2N3OS. The van der Waals surface area contributed by atoms with Crippen molar-refractivity contribution in [1.29, 1.82) is 0 Å². The number of nitrogens with zero attached hydrogens (tertiary/aromatic N) is 3. The van der Waals surface area contributed by atoms with Gasteiger partial charge in [0.2, 0.25) is 0 Å². The molecule has 0 bridgehead atoms. The summed E-state index contributed by atoms with van der Waals surface area (Å²) >= 11 is 13.6. The lowest BCUT2D eigenvalue weighted by atomic mass is 10.2. The minimum absolute atomic E-state index is 0.128. The summed E-state index contributed by atoms with van der Waals surface area (Å²) in [7, 11) is 1.81. The standard InChI is InChI=1S/C11H11Cl2N3OS/c1-16-10(5-17)14-15-11(16)18-6-7-8(12)3-2-4-9(7)13/h2-4,17H,5-6H2,1H3. The maximum atomic E-state index is 9.03. The highest BCUT2D eigenvalue weighted by molar-refractivity contribution is 7.98. The van der Waals surface area contributed by atoms with Crippen molar-refractivity contribution in [2.24, 2.45) is 7.05 Å². The third-order valence-electron chi connectivity index (χ3n) is 2.47. The van der Waals surface area contributed by atoms with Crippen LogP contribution in [0.1, 0.15) is 11.4 Å². The van der Waals surface area contributed by atoms with Gasteiger partial charge in [-0.15, -0.1) is 10.2 Å². The van der Waals surface area contributed by atoms with Crippen molar-refractivity contribution in [1.82, 2.24) is 14.8 Å². The topological polar surface area (TPSA) is 50.9 Å². The molecule has 0 amide bonds. The van der Waals surface area contributed by atoms with Crippen LogP contribution in [-0.2, 0) is 19.4 Å². The quantitative estimate of drug-likeness (QED) is 0.882. The van der Waals surface area contributed by atoms with Gasteiger partial charge in [0.1, 0.15) is 6.61 Å². The number of halogens is 2. The lowest BCUT2D eigenvalue weighted by Gasteiger charge is -2.06. The number of aromatic nitrogens is 3. The Morgan fingerprint density at radius 1 is 1.28 bits per heavy atom. The zero-order chi connectivity index (χ0) is 13.1. The zero-order valence-corrected chi connectivity index (χ0v) is 11.9. The van der Waals surface area contributed by atoms with Gasteiger partial charge in [0.25, 0.3) is 0 Å². The monoisotopic (exact) mass is 303 g/mol. The summed E-state index contributed by atoms with van der Waals surface area (Å²) in [6, 6.07) is 5.42. The Balaban J connectivity index is 2.14. The molecule has 0 radical (unpaired) electrons. The number of aliphatic hydroxyl groups is 1. The van der Waals surface area contributed by atoms with E-state index in [0.717, 1.165) is 10.7 Å². The Morgan fingerprint density at radius 3 is 2.50 bits per heavy atom. The zero-order valence-electron chi connectivity index (χ0n) is 9.60. The van der Waals surface area contributed by atoms with Gasteiger partial charge in [0.05, 0.1) is 0 Å². The van der Waals surface area contributed by atoms with Crippen molar-refractivity contribution in [2.45, 2.75) is 17.5 Å². The van der Waals surface area contributed by atoms with Gasteiger partial charge in [-0.3, -0.25) is 0 Å². The van der Waals surface area contributed by atoms with Gasteiger partial charge in [-0.2, -0.15) is 0 Å². The lowest BCUT2D eigenvalue weighted by Crippen LogP contribution is -1.98. The van der Waals surface area contributed by atoms with E-state index in [1.54, 1.807) is 16.7 Å². The average molecular weight is 304 g/mol. The summed E-state index contributed by atoms with van der Waals surface area (Å²) < 4.78 is 1.75. The molecule has 1 N–H and O–H groups in total. The molecule has 0 saturated carbocycles. The van der Waals surface area contributed by atoms with Crippen molar-refractivity contribution < 1.29 is 5.11 Å². The highest BCUT2D eigenvalue weighted by atomic mass is 35.5. The molecule has 0 atom stereocenters. The Labute approximate surface area is 119 Å². The predicted molar refractivity (Wildman–Crippen MR) is 72.9 cm³/mol. The van der Waals surface area contributed by atoms with Gasteiger partial charge < -0.3 is 9.67 Å². The summed E-state index contributed by atoms with van der Waals surface area (Å²) in [5.41, 5.74) is 0.874. The van der Waals surface area contributed by atoms with Crippen molar-refractivity contribution in [2.75, 3.05) is 0 Å². The van der Waals surface area contributed by atoms with E-state index < -0.39 is 0 Å². The van der Waals surface area contributed by atoms with Crippen molar-refractivity contribution >= 4 is 35.0 Å². The molecule has 0 saturated heterocycles. The molecule has 96 valence electrons. The molecule has 0 aliphatic rings. The third-order valence-corrected chi connectivity index (χ3v) is 4.23. The van der Waals surface area contributed by atoms with E-state index in [1.807, 2.05) is 13.1 Å². The van der Waals surface area contributed by atoms with E-state index in [4.69, 9.17) is 28.3 Å². The van der Waals surface area contributed by atoms with Gasteiger partial charge in [-0.25, -0.2) is 0 Å². The molecule has 7 heteroatoms. The van der Waals surface area contributed by atoms with Gasteiger partial charge in [-0.1, -0.05) is 41.0 Å². The molecule has 0 unspecified atom stereocenters. The minimum Gasteiger partial charge on any atom is -0.388 e. The first-order chi connectivity index (χ1) is 8.63. The first kappa shape index (κ1) is 13.7. The minimum atomic E-state index is -0.128. The first-order valence-corrected chi connectivity index (χ1v) is 6.92. The number of rotatable bonds is 4. The second-order valence-corrected chi connectivity index (χ2v) is 5.36. The molecule has 2 aromatic rings. The van der Waals surface area contributed by atoms with Crippen LogP contribution in [0.15, 0.2) is 23.4 Å². The molecule has 18 heavy (non-hydrogen) atoms. The fourth-order valence-electron chi connectivity index (χ4n) is 1.42. The van der Waals surface area contributed by atoms with E-state index in [0.29, 0.717) is 21.6 Å². The normalized spacial score (nSPS) is 10.9. The maximum absolute atomic E-state index is 9.03. The second kappa shape index (κ2) is 5.93. The Bertz CT molecular complexity index is 539. The van der Waals surface area contributed by atoms with Crippen molar-refractivity contribution in [3.05, 3.63) is 39.6 Å². The molecule has 1 aromatic heterocycles. The van der Waals surface area contributed by atoms with E-state index in [-0.39, 0.29) is 6.61 Å². The van der Waals surface area contributed by atoms with Crippen LogP contribution >= 0.6 is 35.0 Å². The summed E-state index contributed by atoms with van der Waals surface area (Å²) in [4.78, 5) is 0. The van der Waals surface area contributed by atoms with E-state index >= 15 is 0 Å². The molecule has 2 rings (SSSR count). The Hall–Kier alpha value is -0.750. The van der Waals surface area contributed by atoms with Crippen LogP contribution < -0.4 is 0 Å². The van der Waals surface area contributed by atoms with Gasteiger partial charge in [0.15, 0.2) is 11.0 Å². The molecule has 4 nitrogen and oxygen atoms in total. The van der Waals surface area contributed by atoms with Crippen LogP contribution in [-0.4, -0.2) is 19.9 Å². The number of hydrogen-bond donors (Lipinski definition) is 1. The number of thioether (sulfide) groups is 1. The van der Waals surface area contributed by atoms with Crippen LogP contribution in [0.2, 0.25) is 10.0 Å². The molecule has 1 heterocycles. The average Bonchev–Trinajstić information content (AvgIpc) is 2.70. The third kappa shape index (κ3) is 2.80. The fraction of sp³-hybridized carbons (Fsp3) is 0.273. The van der Waals surface area contributed by atoms with Crippen LogP contribution in [0, 0.1) is 0 Å². The largest absolute Gasteiger partial charge is 0.388 e. The fourth-order valence-corrected chi connectivity index (χ4v) is 3.09. The number of aliphatic hydroxyl groups excluding tert-OH is 1. The molecule has 0 aliphatic carbocycles. The number of hydrogen-bond acceptors (Lipinski definition) is 4. The second-order valence-electron chi connectivity index (χ2n) is 3.60. The number of benzene rings is 1. The SMILES string of the molecule is Cn1c(CO)nnc1SCc1c(Cl)cccc1Cl. The Morgan fingerprint density at radius 2 is 1.94 bits per heavy atom. The van der Waals surface area contributed by atoms with Crippen molar-refractivity contribution in [3.8, 4) is 0 Å². The van der Waals surface area contributed by atoms with E-state index in [2.05, 4.69) is 10.2 Å². The van der Waals surface area contributed by atoms with Crippen LogP contribution in [0.3, 0.4) is 0 Å². The van der Waals surface area contributed by atoms with E-state index in [9.17, 15) is 0 Å². The Kier molecular flexibility index (Phi) is 4.50. The van der Waals surface area contributed by atoms with Gasteiger partial charge >= 0.3 is 0 Å². The van der Waals surface area contributed by atoms with Crippen LogP contribution in [0.5, 0.6) is 0 Å². The molecule has 0 spiro atoms. The van der Waals surface area contributed by atoms with Gasteiger partial charge in [0, 0.05) is 22.8 Å². The van der Waals surface area contributed by atoms with Crippen LogP contribution in [0.25, 0.3) is 0 Å². The molecule has 0 aliphatic heterocycles. The highest BCUT2D eigenvalue weighted by Gasteiger charge is 2.11. The molecule has 0 fully saturated rings. The highest BCUT2D eigenvalue weighted by Crippen LogP contribution is 2.30. The smallest absolute Gasteiger partial charge is 0.191 e. The summed E-state index contributed by atoms with van der Waals surface area (Å²) in [6.07, 6.45) is 0. The summed E-state index contributed by atoms with van der Waals surface area (Å²) in [5.74, 6) is 1.14. The molecular weight excluding hydrogens is 293 g/mol. The first-order valence-electron chi connectivity index (χ1n) is 5.18. The summed E-state index contributed by atoms with van der Waals surface area (Å²) in [6.45, 7) is -0.128.